The Morgan fingerprint density at radius 2 is 1.85 bits per heavy atom. The molecule has 6 N–H and O–H groups in total. The van der Waals surface area contributed by atoms with E-state index in [0.717, 1.165) is 43.5 Å². The lowest BCUT2D eigenvalue weighted by Crippen LogP contribution is -2.28. The van der Waals surface area contributed by atoms with Crippen LogP contribution in [0.4, 0.5) is 21.7 Å². The van der Waals surface area contributed by atoms with Crippen LogP contribution < -0.4 is 22.1 Å². The van der Waals surface area contributed by atoms with Crippen molar-refractivity contribution in [2.75, 3.05) is 10.6 Å². The summed E-state index contributed by atoms with van der Waals surface area (Å²) < 4.78 is 13.5. The van der Waals surface area contributed by atoms with Gasteiger partial charge in [0.2, 0.25) is 11.9 Å². The van der Waals surface area contributed by atoms with Crippen molar-refractivity contribution < 1.29 is 9.18 Å². The standard InChI is InChI=1S/C22H28Cl2FN7O/c1-11(2)29-22-28-10-18(17(31-22)7-12-3-5-13(6-4-12)20(26)33)30-21(27)32-19-15(23)8-14(25)9-16(19)24/h8-13H,3-7H2,1-2H3,(H2,26,33)(H3,27,30,32)(H,28,29,31). The number of hydrogen-bond acceptors (Lipinski definition) is 5. The zero-order valence-electron chi connectivity index (χ0n) is 18.5. The van der Waals surface area contributed by atoms with Gasteiger partial charge < -0.3 is 22.1 Å². The number of nitrogens with two attached hydrogens (primary N) is 2. The zero-order valence-corrected chi connectivity index (χ0v) is 20.0. The third-order valence-electron chi connectivity index (χ3n) is 5.49. The maximum atomic E-state index is 13.5. The number of benzene rings is 1. The predicted molar refractivity (Wildman–Crippen MR) is 130 cm³/mol. The molecule has 3 rings (SSSR count). The first-order chi connectivity index (χ1) is 15.6. The van der Waals surface area contributed by atoms with E-state index in [0.29, 0.717) is 24.0 Å². The van der Waals surface area contributed by atoms with Gasteiger partial charge in [-0.2, -0.15) is 0 Å². The average Bonchev–Trinajstić information content (AvgIpc) is 2.72. The summed E-state index contributed by atoms with van der Waals surface area (Å²) in [6, 6.07) is 2.39. The molecule has 0 saturated heterocycles. The topological polar surface area (TPSA) is 131 Å². The highest BCUT2D eigenvalue weighted by atomic mass is 35.5. The van der Waals surface area contributed by atoms with Crippen LogP contribution in [0.3, 0.4) is 0 Å². The van der Waals surface area contributed by atoms with Gasteiger partial charge in [0.15, 0.2) is 5.96 Å². The van der Waals surface area contributed by atoms with Gasteiger partial charge in [-0.25, -0.2) is 19.4 Å². The number of guanidine groups is 1. The quantitative estimate of drug-likeness (QED) is 0.326. The number of nitrogens with zero attached hydrogens (tertiary/aromatic N) is 3. The summed E-state index contributed by atoms with van der Waals surface area (Å²) >= 11 is 12.1. The van der Waals surface area contributed by atoms with Gasteiger partial charge in [-0.15, -0.1) is 0 Å². The Morgan fingerprint density at radius 3 is 2.42 bits per heavy atom. The summed E-state index contributed by atoms with van der Waals surface area (Å²) in [7, 11) is 0. The number of aromatic nitrogens is 2. The largest absolute Gasteiger partial charge is 0.369 e. The Labute approximate surface area is 202 Å². The molecule has 1 aromatic heterocycles. The lowest BCUT2D eigenvalue weighted by atomic mass is 9.79. The first-order valence-electron chi connectivity index (χ1n) is 10.8. The second-order valence-corrected chi connectivity index (χ2v) is 9.33. The van der Waals surface area contributed by atoms with Gasteiger partial charge in [0.1, 0.15) is 11.5 Å². The monoisotopic (exact) mass is 495 g/mol. The summed E-state index contributed by atoms with van der Waals surface area (Å²) in [6.45, 7) is 4.00. The molecule has 33 heavy (non-hydrogen) atoms. The van der Waals surface area contributed by atoms with Crippen LogP contribution in [0.1, 0.15) is 45.2 Å². The molecule has 178 valence electrons. The average molecular weight is 496 g/mol. The normalized spacial score (nSPS) is 18.9. The fourth-order valence-electron chi connectivity index (χ4n) is 3.86. The lowest BCUT2D eigenvalue weighted by Gasteiger charge is -2.27. The Balaban J connectivity index is 1.82. The van der Waals surface area contributed by atoms with Crippen molar-refractivity contribution in [3.05, 3.63) is 39.9 Å². The van der Waals surface area contributed by atoms with Gasteiger partial charge in [-0.3, -0.25) is 4.79 Å². The molecule has 1 saturated carbocycles. The molecule has 0 bridgehead atoms. The second kappa shape index (κ2) is 11.0. The van der Waals surface area contributed by atoms with Gasteiger partial charge in [0, 0.05) is 12.0 Å². The number of halogens is 3. The molecule has 2 aromatic rings. The SMILES string of the molecule is CC(C)Nc1ncc(NC(N)=Nc2c(Cl)cc(F)cc2Cl)c(CC2CCC(C(N)=O)CC2)n1. The van der Waals surface area contributed by atoms with Crippen molar-refractivity contribution in [3.8, 4) is 0 Å². The number of carbonyl (C=O) groups is 1. The summed E-state index contributed by atoms with van der Waals surface area (Å²) in [5.74, 6) is 0.0140. The van der Waals surface area contributed by atoms with E-state index in [4.69, 9.17) is 34.7 Å². The van der Waals surface area contributed by atoms with Gasteiger partial charge >= 0.3 is 0 Å². The number of primary amides is 1. The van der Waals surface area contributed by atoms with Crippen LogP contribution in [0.15, 0.2) is 23.3 Å². The van der Waals surface area contributed by atoms with E-state index in [1.165, 1.54) is 0 Å². The molecular weight excluding hydrogens is 468 g/mol. The molecule has 0 spiro atoms. The molecule has 0 atom stereocenters. The number of rotatable bonds is 7. The van der Waals surface area contributed by atoms with Gasteiger partial charge in [-0.1, -0.05) is 23.2 Å². The third kappa shape index (κ3) is 6.91. The van der Waals surface area contributed by atoms with Crippen molar-refractivity contribution in [1.29, 1.82) is 0 Å². The Kier molecular flexibility index (Phi) is 8.31. The van der Waals surface area contributed by atoms with Gasteiger partial charge in [-0.05, 0) is 64.0 Å². The van der Waals surface area contributed by atoms with Crippen LogP contribution in [0.25, 0.3) is 0 Å². The van der Waals surface area contributed by atoms with Crippen LogP contribution in [-0.2, 0) is 11.2 Å². The molecule has 1 aliphatic rings. The summed E-state index contributed by atoms with van der Waals surface area (Å²) in [4.78, 5) is 24.7. The number of aliphatic imine (C=N–C) groups is 1. The molecule has 1 aliphatic carbocycles. The van der Waals surface area contributed by atoms with Gasteiger partial charge in [0.05, 0.1) is 27.6 Å². The van der Waals surface area contributed by atoms with Crippen molar-refractivity contribution >= 4 is 52.4 Å². The lowest BCUT2D eigenvalue weighted by molar-refractivity contribution is -0.122. The molecule has 8 nitrogen and oxygen atoms in total. The smallest absolute Gasteiger partial charge is 0.223 e. The minimum Gasteiger partial charge on any atom is -0.369 e. The highest BCUT2D eigenvalue weighted by Crippen LogP contribution is 2.35. The van der Waals surface area contributed by atoms with E-state index < -0.39 is 5.82 Å². The first-order valence-corrected chi connectivity index (χ1v) is 11.6. The van der Waals surface area contributed by atoms with Crippen molar-refractivity contribution in [3.63, 3.8) is 0 Å². The summed E-state index contributed by atoms with van der Waals surface area (Å²) in [5, 5.41) is 6.31. The van der Waals surface area contributed by atoms with Crippen LogP contribution >= 0.6 is 23.2 Å². The van der Waals surface area contributed by atoms with Crippen molar-refractivity contribution in [1.82, 2.24) is 9.97 Å². The summed E-state index contributed by atoms with van der Waals surface area (Å²) in [6.07, 6.45) is 5.63. The van der Waals surface area contributed by atoms with Crippen LogP contribution in [0, 0.1) is 17.7 Å². The number of anilines is 2. The minimum atomic E-state index is -0.564. The number of hydrogen-bond donors (Lipinski definition) is 4. The molecule has 0 radical (unpaired) electrons. The first kappa shape index (κ1) is 25.0. The van der Waals surface area contributed by atoms with E-state index >= 15 is 0 Å². The Bertz CT molecular complexity index is 1020. The highest BCUT2D eigenvalue weighted by Gasteiger charge is 2.26. The number of amides is 1. The highest BCUT2D eigenvalue weighted by molar-refractivity contribution is 6.39. The van der Waals surface area contributed by atoms with Crippen LogP contribution in [-0.4, -0.2) is 27.9 Å². The van der Waals surface area contributed by atoms with E-state index in [9.17, 15) is 9.18 Å². The molecule has 1 amide bonds. The molecule has 0 aliphatic heterocycles. The Morgan fingerprint density at radius 1 is 1.21 bits per heavy atom. The number of nitrogens with one attached hydrogen (secondary N) is 2. The van der Waals surface area contributed by atoms with E-state index in [2.05, 4.69) is 25.6 Å². The van der Waals surface area contributed by atoms with Gasteiger partial charge in [0.25, 0.3) is 0 Å². The zero-order chi connectivity index (χ0) is 24.1. The second-order valence-electron chi connectivity index (χ2n) is 8.52. The Hall–Kier alpha value is -2.65. The fraction of sp³-hybridized carbons (Fsp3) is 0.455. The molecule has 11 heteroatoms. The van der Waals surface area contributed by atoms with E-state index in [-0.39, 0.29) is 39.6 Å². The van der Waals surface area contributed by atoms with Crippen molar-refractivity contribution in [2.45, 2.75) is 52.0 Å². The number of carbonyl (C=O) groups excluding carboxylic acids is 1. The maximum Gasteiger partial charge on any atom is 0.223 e. The molecule has 1 fully saturated rings. The third-order valence-corrected chi connectivity index (χ3v) is 6.07. The molecule has 1 heterocycles. The van der Waals surface area contributed by atoms with E-state index in [1.807, 2.05) is 13.8 Å². The minimum absolute atomic E-state index is 0.0114. The van der Waals surface area contributed by atoms with Crippen molar-refractivity contribution in [2.24, 2.45) is 28.3 Å². The summed E-state index contributed by atoms with van der Waals surface area (Å²) in [5.41, 5.74) is 13.1. The predicted octanol–water partition coefficient (Wildman–Crippen LogP) is 4.64. The molecule has 0 unspecified atom stereocenters. The molecule has 1 aromatic carbocycles. The fourth-order valence-corrected chi connectivity index (χ4v) is 4.40. The van der Waals surface area contributed by atoms with E-state index in [1.54, 1.807) is 6.20 Å². The van der Waals surface area contributed by atoms with Crippen LogP contribution in [0.5, 0.6) is 0 Å². The van der Waals surface area contributed by atoms with Crippen LogP contribution in [0.2, 0.25) is 10.0 Å². The molecular formula is C22H28Cl2FN7O. The maximum absolute atomic E-state index is 13.5.